The lowest BCUT2D eigenvalue weighted by atomic mass is 10.1. The van der Waals surface area contributed by atoms with Crippen LogP contribution in [0, 0.1) is 10.1 Å². The number of piperazine rings is 1. The summed E-state index contributed by atoms with van der Waals surface area (Å²) in [6, 6.07) is 11.6. The fourth-order valence-corrected chi connectivity index (χ4v) is 4.04. The Kier molecular flexibility index (Phi) is 5.76. The zero-order chi connectivity index (χ0) is 22.8. The lowest BCUT2D eigenvalue weighted by Gasteiger charge is -2.37. The van der Waals surface area contributed by atoms with Gasteiger partial charge < -0.3 is 14.5 Å². The number of benzene rings is 2. The molecular formula is C22H22N4O6. The molecule has 4 rings (SSSR count). The predicted octanol–water partition coefficient (Wildman–Crippen LogP) is 1.94. The lowest BCUT2D eigenvalue weighted by Crippen LogP contribution is -2.52. The summed E-state index contributed by atoms with van der Waals surface area (Å²) in [4.78, 5) is 53.2. The Morgan fingerprint density at radius 3 is 2.44 bits per heavy atom. The van der Waals surface area contributed by atoms with Gasteiger partial charge in [0.2, 0.25) is 5.91 Å². The normalized spacial score (nSPS) is 15.7. The highest BCUT2D eigenvalue weighted by atomic mass is 16.6. The number of fused-ring (bicyclic) bond motifs is 1. The van der Waals surface area contributed by atoms with Crippen molar-refractivity contribution >= 4 is 29.1 Å². The molecule has 0 spiro atoms. The van der Waals surface area contributed by atoms with Crippen LogP contribution >= 0.6 is 0 Å². The molecule has 10 nitrogen and oxygen atoms in total. The number of hydrogen-bond acceptors (Lipinski definition) is 7. The number of rotatable bonds is 6. The van der Waals surface area contributed by atoms with Crippen LogP contribution in [-0.2, 0) is 4.79 Å². The van der Waals surface area contributed by atoms with Crippen molar-refractivity contribution < 1.29 is 24.0 Å². The van der Waals surface area contributed by atoms with Crippen molar-refractivity contribution in [1.82, 2.24) is 9.80 Å². The molecule has 166 valence electrons. The molecule has 0 N–H and O–H groups in total. The number of nitro groups is 1. The van der Waals surface area contributed by atoms with Gasteiger partial charge in [-0.05, 0) is 25.1 Å². The van der Waals surface area contributed by atoms with Crippen LogP contribution < -0.4 is 9.64 Å². The number of nitro benzene ring substituents is 1. The average Bonchev–Trinajstić information content (AvgIpc) is 3.04. The van der Waals surface area contributed by atoms with E-state index >= 15 is 0 Å². The van der Waals surface area contributed by atoms with E-state index in [0.29, 0.717) is 32.8 Å². The SMILES string of the molecule is CCOc1ccccc1N1CCN(C(=O)CN2C(=O)c3cccc([N+](=O)[O-])c3C2=O)CC1. The summed E-state index contributed by atoms with van der Waals surface area (Å²) in [6.45, 7) is 4.01. The molecule has 0 unspecified atom stereocenters. The third-order valence-corrected chi connectivity index (χ3v) is 5.61. The third kappa shape index (κ3) is 3.75. The molecule has 2 aliphatic heterocycles. The molecule has 32 heavy (non-hydrogen) atoms. The first kappa shape index (κ1) is 21.3. The van der Waals surface area contributed by atoms with Gasteiger partial charge in [-0.1, -0.05) is 18.2 Å². The smallest absolute Gasteiger partial charge is 0.282 e. The Morgan fingerprint density at radius 2 is 1.75 bits per heavy atom. The van der Waals surface area contributed by atoms with Crippen molar-refractivity contribution in [3.05, 3.63) is 63.7 Å². The van der Waals surface area contributed by atoms with Crippen LogP contribution in [0.1, 0.15) is 27.6 Å². The Bertz CT molecular complexity index is 1090. The van der Waals surface area contributed by atoms with E-state index in [1.54, 1.807) is 4.90 Å². The maximum atomic E-state index is 12.8. The predicted molar refractivity (Wildman–Crippen MR) is 115 cm³/mol. The van der Waals surface area contributed by atoms with Gasteiger partial charge in [-0.15, -0.1) is 0 Å². The van der Waals surface area contributed by atoms with Gasteiger partial charge in [0.25, 0.3) is 17.5 Å². The summed E-state index contributed by atoms with van der Waals surface area (Å²) in [5.74, 6) is -1.09. The van der Waals surface area contributed by atoms with Crippen molar-refractivity contribution in [2.24, 2.45) is 0 Å². The summed E-state index contributed by atoms with van der Waals surface area (Å²) < 4.78 is 5.68. The van der Waals surface area contributed by atoms with Crippen LogP contribution in [0.4, 0.5) is 11.4 Å². The largest absolute Gasteiger partial charge is 0.492 e. The van der Waals surface area contributed by atoms with Crippen LogP contribution in [-0.4, -0.2) is 71.8 Å². The molecule has 2 heterocycles. The number of imide groups is 1. The van der Waals surface area contributed by atoms with Crippen molar-refractivity contribution in [3.8, 4) is 5.75 Å². The van der Waals surface area contributed by atoms with Crippen molar-refractivity contribution in [2.75, 3.05) is 44.2 Å². The van der Waals surface area contributed by atoms with Gasteiger partial charge in [0.05, 0.1) is 22.8 Å². The van der Waals surface area contributed by atoms with Gasteiger partial charge in [0.1, 0.15) is 17.9 Å². The summed E-state index contributed by atoms with van der Waals surface area (Å²) in [5, 5.41) is 11.2. The second-order valence-electron chi connectivity index (χ2n) is 7.42. The van der Waals surface area contributed by atoms with E-state index in [9.17, 15) is 24.5 Å². The van der Waals surface area contributed by atoms with Crippen LogP contribution in [0.25, 0.3) is 0 Å². The minimum Gasteiger partial charge on any atom is -0.492 e. The Hall–Kier alpha value is -3.95. The van der Waals surface area contributed by atoms with Crippen LogP contribution in [0.15, 0.2) is 42.5 Å². The molecule has 2 aliphatic rings. The third-order valence-electron chi connectivity index (χ3n) is 5.61. The first-order chi connectivity index (χ1) is 15.4. The summed E-state index contributed by atoms with van der Waals surface area (Å²) in [7, 11) is 0. The minimum atomic E-state index is -0.810. The van der Waals surface area contributed by atoms with Crippen LogP contribution in [0.2, 0.25) is 0 Å². The molecule has 0 saturated carbocycles. The molecule has 1 saturated heterocycles. The van der Waals surface area contributed by atoms with Gasteiger partial charge in [-0.3, -0.25) is 29.4 Å². The van der Waals surface area contributed by atoms with E-state index in [1.807, 2.05) is 31.2 Å². The first-order valence-electron chi connectivity index (χ1n) is 10.3. The number of carbonyl (C=O) groups is 3. The van der Waals surface area contributed by atoms with Crippen LogP contribution in [0.5, 0.6) is 5.75 Å². The van der Waals surface area contributed by atoms with E-state index in [0.717, 1.165) is 16.3 Å². The van der Waals surface area contributed by atoms with Gasteiger partial charge in [-0.25, -0.2) is 0 Å². The van der Waals surface area contributed by atoms with Gasteiger partial charge in [0.15, 0.2) is 0 Å². The molecule has 3 amide bonds. The average molecular weight is 438 g/mol. The van der Waals surface area contributed by atoms with Crippen molar-refractivity contribution in [3.63, 3.8) is 0 Å². The molecule has 0 aromatic heterocycles. The number of amides is 3. The molecule has 2 aromatic carbocycles. The van der Waals surface area contributed by atoms with Gasteiger partial charge >= 0.3 is 0 Å². The van der Waals surface area contributed by atoms with Crippen molar-refractivity contribution in [1.29, 1.82) is 0 Å². The number of ether oxygens (including phenoxy) is 1. The molecule has 0 atom stereocenters. The maximum Gasteiger partial charge on any atom is 0.282 e. The Morgan fingerprint density at radius 1 is 1.03 bits per heavy atom. The summed E-state index contributed by atoms with van der Waals surface area (Å²) in [5.41, 5.74) is 0.216. The minimum absolute atomic E-state index is 0.0469. The maximum absolute atomic E-state index is 12.8. The monoisotopic (exact) mass is 438 g/mol. The van der Waals surface area contributed by atoms with E-state index in [-0.39, 0.29) is 17.0 Å². The molecule has 0 aliphatic carbocycles. The molecular weight excluding hydrogens is 416 g/mol. The quantitative estimate of drug-likeness (QED) is 0.385. The summed E-state index contributed by atoms with van der Waals surface area (Å²) >= 11 is 0. The van der Waals surface area contributed by atoms with E-state index in [4.69, 9.17) is 4.74 Å². The fourth-order valence-electron chi connectivity index (χ4n) is 4.04. The highest BCUT2D eigenvalue weighted by molar-refractivity contribution is 6.24. The summed E-state index contributed by atoms with van der Waals surface area (Å²) in [6.07, 6.45) is 0. The molecule has 1 fully saturated rings. The van der Waals surface area contributed by atoms with E-state index in [2.05, 4.69) is 4.90 Å². The number of para-hydroxylation sites is 2. The molecule has 10 heteroatoms. The zero-order valence-electron chi connectivity index (χ0n) is 17.5. The van der Waals surface area contributed by atoms with E-state index < -0.39 is 29.0 Å². The standard InChI is InChI=1S/C22H22N4O6/c1-2-32-18-9-4-3-7-16(18)23-10-12-24(13-11-23)19(27)14-25-21(28)15-6-5-8-17(26(30)31)20(15)22(25)29/h3-9H,2,10-14H2,1H3. The first-order valence-corrected chi connectivity index (χ1v) is 10.3. The number of anilines is 1. The molecule has 2 aromatic rings. The topological polar surface area (TPSA) is 113 Å². The highest BCUT2D eigenvalue weighted by Crippen LogP contribution is 2.31. The highest BCUT2D eigenvalue weighted by Gasteiger charge is 2.42. The molecule has 0 bridgehead atoms. The Balaban J connectivity index is 1.42. The number of hydrogen-bond donors (Lipinski definition) is 0. The number of carbonyl (C=O) groups excluding carboxylic acids is 3. The van der Waals surface area contributed by atoms with Crippen molar-refractivity contribution in [2.45, 2.75) is 6.92 Å². The van der Waals surface area contributed by atoms with Crippen LogP contribution in [0.3, 0.4) is 0 Å². The van der Waals surface area contributed by atoms with E-state index in [1.165, 1.54) is 18.2 Å². The Labute approximate surface area is 184 Å². The zero-order valence-corrected chi connectivity index (χ0v) is 17.5. The molecule has 0 radical (unpaired) electrons. The lowest BCUT2D eigenvalue weighted by molar-refractivity contribution is -0.385. The van der Waals surface area contributed by atoms with Gasteiger partial charge in [-0.2, -0.15) is 0 Å². The second-order valence-corrected chi connectivity index (χ2v) is 7.42. The number of nitrogens with zero attached hydrogens (tertiary/aromatic N) is 4. The second kappa shape index (κ2) is 8.66. The van der Waals surface area contributed by atoms with Gasteiger partial charge in [0, 0.05) is 32.2 Å². The fraction of sp³-hybridized carbons (Fsp3) is 0.318.